The van der Waals surface area contributed by atoms with E-state index >= 15 is 0 Å². The minimum absolute atomic E-state index is 0.786. The van der Waals surface area contributed by atoms with Gasteiger partial charge in [0.05, 0.1) is 0 Å². The summed E-state index contributed by atoms with van der Waals surface area (Å²) in [4.78, 5) is 0. The van der Waals surface area contributed by atoms with Crippen LogP contribution in [0.4, 0.5) is 0 Å². The molecule has 4 aromatic rings. The average Bonchev–Trinajstić information content (AvgIpc) is 2.95. The topological polar surface area (TPSA) is 15.5 Å². The highest BCUT2D eigenvalue weighted by Gasteiger charge is 2.10. The number of pyridine rings is 4. The van der Waals surface area contributed by atoms with Crippen molar-refractivity contribution >= 4 is 0 Å². The fourth-order valence-electron chi connectivity index (χ4n) is 3.06. The summed E-state index contributed by atoms with van der Waals surface area (Å²) in [6.07, 6.45) is 16.8. The number of hydrogen-bond acceptors (Lipinski definition) is 0. The van der Waals surface area contributed by atoms with Crippen LogP contribution < -0.4 is 18.3 Å². The Kier molecular flexibility index (Phi) is 17.1. The first-order valence-electron chi connectivity index (χ1n) is 13.1. The van der Waals surface area contributed by atoms with E-state index in [1.807, 2.05) is 78.6 Å². The Hall–Kier alpha value is -3.40. The highest BCUT2D eigenvalue weighted by Crippen LogP contribution is 2.16. The van der Waals surface area contributed by atoms with Gasteiger partial charge in [0.2, 0.25) is 0 Å². The van der Waals surface area contributed by atoms with Crippen molar-refractivity contribution in [3.05, 3.63) is 98.1 Å². The second-order valence-electron chi connectivity index (χ2n) is 6.85. The van der Waals surface area contributed by atoms with Crippen LogP contribution in [-0.4, -0.2) is 0 Å². The molecule has 188 valence electrons. The van der Waals surface area contributed by atoms with Crippen LogP contribution >= 0.6 is 0 Å². The Morgan fingerprint density at radius 1 is 0.371 bits per heavy atom. The van der Waals surface area contributed by atoms with Gasteiger partial charge in [-0.2, -0.15) is 0 Å². The Balaban J connectivity index is 0.00000132. The lowest BCUT2D eigenvalue weighted by atomic mass is 10.1. The highest BCUT2D eigenvalue weighted by atomic mass is 15.1. The van der Waals surface area contributed by atoms with Gasteiger partial charge in [0.25, 0.3) is 0 Å². The smallest absolute Gasteiger partial charge is 0.208 e. The second-order valence-corrected chi connectivity index (χ2v) is 6.85. The summed E-state index contributed by atoms with van der Waals surface area (Å²) in [6, 6.07) is 17.2. The summed E-state index contributed by atoms with van der Waals surface area (Å²) >= 11 is 0. The van der Waals surface area contributed by atoms with Crippen molar-refractivity contribution in [2.75, 3.05) is 0 Å². The fraction of sp³-hybridized carbons (Fsp3) is 0.355. The first-order valence-corrected chi connectivity index (χ1v) is 13.1. The first-order chi connectivity index (χ1) is 17.2. The van der Waals surface area contributed by atoms with Gasteiger partial charge in [0.15, 0.2) is 49.6 Å². The van der Waals surface area contributed by atoms with Crippen molar-refractivity contribution in [1.82, 2.24) is 0 Å². The molecule has 0 aromatic carbocycles. The molecule has 0 radical (unpaired) electrons. The van der Waals surface area contributed by atoms with E-state index in [1.165, 1.54) is 22.3 Å². The van der Waals surface area contributed by atoms with Crippen molar-refractivity contribution in [1.29, 1.82) is 0 Å². The molecule has 0 bridgehead atoms. The summed E-state index contributed by atoms with van der Waals surface area (Å²) in [5.74, 6) is 0. The van der Waals surface area contributed by atoms with Crippen LogP contribution in [0.1, 0.15) is 55.4 Å². The molecule has 0 atom stereocenters. The van der Waals surface area contributed by atoms with Gasteiger partial charge < -0.3 is 0 Å². The summed E-state index contributed by atoms with van der Waals surface area (Å²) < 4.78 is 8.44. The molecule has 0 saturated carbocycles. The van der Waals surface area contributed by atoms with Crippen LogP contribution in [0.3, 0.4) is 0 Å². The van der Waals surface area contributed by atoms with E-state index in [2.05, 4.69) is 107 Å². The summed E-state index contributed by atoms with van der Waals surface area (Å²) in [5.41, 5.74) is 4.91. The average molecular weight is 477 g/mol. The molecule has 0 aliphatic heterocycles. The molecule has 35 heavy (non-hydrogen) atoms. The summed E-state index contributed by atoms with van der Waals surface area (Å²) in [5, 5.41) is 0. The van der Waals surface area contributed by atoms with Crippen molar-refractivity contribution in [2.24, 2.45) is 14.1 Å². The van der Waals surface area contributed by atoms with Gasteiger partial charge in [-0.25, -0.2) is 9.13 Å². The number of nitrogens with zero attached hydrogens (tertiary/aromatic N) is 4. The number of rotatable bonds is 4. The molecule has 0 aliphatic rings. The van der Waals surface area contributed by atoms with Gasteiger partial charge in [-0.15, -0.1) is 9.13 Å². The molecule has 4 heterocycles. The van der Waals surface area contributed by atoms with E-state index in [0.29, 0.717) is 0 Å². The van der Waals surface area contributed by atoms with Crippen LogP contribution in [0.2, 0.25) is 0 Å². The zero-order valence-corrected chi connectivity index (χ0v) is 23.7. The van der Waals surface area contributed by atoms with Crippen molar-refractivity contribution in [3.8, 4) is 22.3 Å². The van der Waals surface area contributed by atoms with Crippen molar-refractivity contribution < 1.29 is 18.3 Å². The van der Waals surface area contributed by atoms with Crippen LogP contribution in [0, 0.1) is 0 Å². The van der Waals surface area contributed by atoms with Crippen molar-refractivity contribution in [2.45, 2.75) is 62.1 Å². The molecule has 0 unspecified atom stereocenters. The predicted octanol–water partition coefficient (Wildman–Crippen LogP) is 5.86. The SMILES string of the molecule is CC.CC.CC.CC.C[n+]1ccc(-c2cc[n+](C[n+]3ccc(-c4cc[n+](C)cc4)cc3)cc2)cc1. The van der Waals surface area contributed by atoms with Crippen LogP contribution in [0.15, 0.2) is 98.1 Å². The first kappa shape index (κ1) is 31.6. The third kappa shape index (κ3) is 10.6. The molecule has 0 amide bonds. The maximum absolute atomic E-state index is 2.18. The Morgan fingerprint density at radius 3 is 0.800 bits per heavy atom. The second kappa shape index (κ2) is 19.0. The molecular formula is C31H48N4+4. The number of aromatic nitrogens is 4. The zero-order chi connectivity index (χ0) is 26.6. The Morgan fingerprint density at radius 2 is 0.571 bits per heavy atom. The zero-order valence-electron chi connectivity index (χ0n) is 23.7. The molecule has 0 spiro atoms. The standard InChI is InChI=1S/C23H24N4.4C2H6/c1-24-11-3-20(4-12-24)22-7-15-26(16-8-22)19-27-17-9-23(10-18-27)21-5-13-25(2)14-6-21;4*1-2/h3-18H,19H2,1-2H3;4*1-2H3/q+4;;;;. The normalized spacial score (nSPS) is 8.97. The largest absolute Gasteiger partial charge is 0.343 e. The van der Waals surface area contributed by atoms with Gasteiger partial charge in [0.1, 0.15) is 14.1 Å². The fourth-order valence-corrected chi connectivity index (χ4v) is 3.06. The van der Waals surface area contributed by atoms with E-state index in [4.69, 9.17) is 0 Å². The van der Waals surface area contributed by atoms with Gasteiger partial charge >= 0.3 is 6.67 Å². The molecule has 4 aromatic heterocycles. The van der Waals surface area contributed by atoms with E-state index in [-0.39, 0.29) is 0 Å². The van der Waals surface area contributed by atoms with Gasteiger partial charge in [0, 0.05) is 48.5 Å². The van der Waals surface area contributed by atoms with Crippen LogP contribution in [0.25, 0.3) is 22.3 Å². The molecule has 4 rings (SSSR count). The summed E-state index contributed by atoms with van der Waals surface area (Å²) in [6.45, 7) is 16.8. The molecular weight excluding hydrogens is 428 g/mol. The van der Waals surface area contributed by atoms with Gasteiger partial charge in [-0.1, -0.05) is 55.4 Å². The maximum Gasteiger partial charge on any atom is 0.343 e. The molecule has 0 saturated heterocycles. The van der Waals surface area contributed by atoms with E-state index < -0.39 is 0 Å². The lowest BCUT2D eigenvalue weighted by Gasteiger charge is -2.01. The highest BCUT2D eigenvalue weighted by molar-refractivity contribution is 5.61. The van der Waals surface area contributed by atoms with E-state index in [1.54, 1.807) is 0 Å². The minimum atomic E-state index is 0.786. The molecule has 0 N–H and O–H groups in total. The monoisotopic (exact) mass is 476 g/mol. The van der Waals surface area contributed by atoms with Crippen LogP contribution in [0.5, 0.6) is 0 Å². The molecule has 4 heteroatoms. The maximum atomic E-state index is 2.18. The van der Waals surface area contributed by atoms with Crippen LogP contribution in [-0.2, 0) is 20.8 Å². The minimum Gasteiger partial charge on any atom is -0.208 e. The predicted molar refractivity (Wildman–Crippen MR) is 147 cm³/mol. The Bertz CT molecular complexity index is 934. The summed E-state index contributed by atoms with van der Waals surface area (Å²) in [7, 11) is 4.06. The number of hydrogen-bond donors (Lipinski definition) is 0. The van der Waals surface area contributed by atoms with Crippen molar-refractivity contribution in [3.63, 3.8) is 0 Å². The Labute approximate surface area is 214 Å². The van der Waals surface area contributed by atoms with Gasteiger partial charge in [-0.3, -0.25) is 0 Å². The van der Waals surface area contributed by atoms with E-state index in [0.717, 1.165) is 6.67 Å². The molecule has 0 aliphatic carbocycles. The van der Waals surface area contributed by atoms with Gasteiger partial charge in [-0.05, 0) is 22.3 Å². The van der Waals surface area contributed by atoms with E-state index in [9.17, 15) is 0 Å². The molecule has 4 nitrogen and oxygen atoms in total. The quantitative estimate of drug-likeness (QED) is 0.328. The lowest BCUT2D eigenvalue weighted by molar-refractivity contribution is -0.913. The third-order valence-electron chi connectivity index (χ3n) is 4.73. The lowest BCUT2D eigenvalue weighted by Crippen LogP contribution is -2.50. The third-order valence-corrected chi connectivity index (χ3v) is 4.73. The molecule has 0 fully saturated rings. The number of aryl methyl sites for hydroxylation is 2.